The van der Waals surface area contributed by atoms with Crippen molar-refractivity contribution in [3.8, 4) is 5.75 Å². The van der Waals surface area contributed by atoms with Crippen molar-refractivity contribution in [1.29, 1.82) is 0 Å². The van der Waals surface area contributed by atoms with Crippen LogP contribution in [0.4, 0.5) is 4.79 Å². The molecule has 0 radical (unpaired) electrons. The van der Waals surface area contributed by atoms with E-state index in [0.29, 0.717) is 5.92 Å². The molecule has 0 spiro atoms. The molecule has 1 aromatic rings. The second-order valence-corrected chi connectivity index (χ2v) is 7.57. The van der Waals surface area contributed by atoms with Crippen LogP contribution in [-0.2, 0) is 5.41 Å². The number of likely N-dealkylation sites (tertiary alicyclic amines) is 1. The average Bonchev–Trinajstić information content (AvgIpc) is 2.59. The Bertz CT molecular complexity index is 527. The molecule has 1 fully saturated rings. The third kappa shape index (κ3) is 6.69. The smallest absolute Gasteiger partial charge is 0.316 e. The van der Waals surface area contributed by atoms with E-state index in [0.717, 1.165) is 51.2 Å². The van der Waals surface area contributed by atoms with Crippen molar-refractivity contribution in [2.45, 2.75) is 38.5 Å². The van der Waals surface area contributed by atoms with E-state index in [4.69, 9.17) is 16.3 Å². The van der Waals surface area contributed by atoms with E-state index in [1.807, 2.05) is 12.1 Å². The Morgan fingerprint density at radius 1 is 1.28 bits per heavy atom. The Labute approximate surface area is 162 Å². The maximum absolute atomic E-state index is 11.1. The normalized spacial score (nSPS) is 15.6. The maximum Gasteiger partial charge on any atom is 0.316 e. The van der Waals surface area contributed by atoms with E-state index in [-0.39, 0.29) is 23.2 Å². The lowest BCUT2D eigenvalue weighted by molar-refractivity contribution is 0.190. The number of ether oxygens (including phenoxy) is 1. The monoisotopic (exact) mass is 388 g/mol. The Morgan fingerprint density at radius 2 is 1.88 bits per heavy atom. The van der Waals surface area contributed by atoms with E-state index in [1.165, 1.54) is 5.56 Å². The number of carbonyl (C=O) groups is 1. The fourth-order valence-corrected chi connectivity index (χ4v) is 3.38. The Kier molecular flexibility index (Phi) is 9.04. The maximum atomic E-state index is 11.1. The van der Waals surface area contributed by atoms with Crippen molar-refractivity contribution in [2.75, 3.05) is 33.3 Å². The first-order chi connectivity index (χ1) is 11.4. The minimum absolute atomic E-state index is 0. The van der Waals surface area contributed by atoms with Crippen LogP contribution >= 0.6 is 24.0 Å². The van der Waals surface area contributed by atoms with Gasteiger partial charge in [-0.3, -0.25) is 4.79 Å². The number of carbonyl (C=O) groups excluding carboxylic acids is 1. The number of nitrogens with one attached hydrogen (secondary N) is 1. The van der Waals surface area contributed by atoms with Crippen molar-refractivity contribution in [3.05, 3.63) is 29.8 Å². The molecular formula is C19H30Cl2N2O2. The van der Waals surface area contributed by atoms with Gasteiger partial charge in [0.25, 0.3) is 0 Å². The molecule has 4 nitrogen and oxygen atoms in total. The molecule has 2 rings (SSSR count). The Balaban J connectivity index is 0.00000312. The van der Waals surface area contributed by atoms with Crippen LogP contribution < -0.4 is 10.1 Å². The van der Waals surface area contributed by atoms with Crippen LogP contribution in [0.1, 0.15) is 38.7 Å². The first-order valence-electron chi connectivity index (χ1n) is 8.72. The van der Waals surface area contributed by atoms with Crippen LogP contribution in [0.5, 0.6) is 5.75 Å². The summed E-state index contributed by atoms with van der Waals surface area (Å²) in [5.41, 5.74) is 1.47. The number of nitrogens with zero attached hydrogens (tertiary/aromatic N) is 1. The molecule has 142 valence electrons. The molecule has 1 saturated heterocycles. The molecule has 0 saturated carbocycles. The molecule has 1 heterocycles. The molecule has 6 heteroatoms. The second kappa shape index (κ2) is 10.2. The lowest BCUT2D eigenvalue weighted by atomic mass is 9.81. The van der Waals surface area contributed by atoms with Gasteiger partial charge in [0, 0.05) is 13.1 Å². The SMILES string of the molecule is COc1ccc(C(C)(C)CCNCC2CCN(C(=O)Cl)CC2)cc1.Cl. The molecule has 0 bridgehead atoms. The lowest BCUT2D eigenvalue weighted by Crippen LogP contribution is -2.39. The number of methoxy groups -OCH3 is 1. The number of hydrogen-bond acceptors (Lipinski definition) is 3. The van der Waals surface area contributed by atoms with Crippen LogP contribution in [0.3, 0.4) is 0 Å². The zero-order valence-electron chi connectivity index (χ0n) is 15.4. The topological polar surface area (TPSA) is 41.6 Å². The van der Waals surface area contributed by atoms with E-state index >= 15 is 0 Å². The highest BCUT2D eigenvalue weighted by Gasteiger charge is 2.23. The van der Waals surface area contributed by atoms with Crippen molar-refractivity contribution in [2.24, 2.45) is 5.92 Å². The number of hydrogen-bond donors (Lipinski definition) is 1. The van der Waals surface area contributed by atoms with E-state index in [1.54, 1.807) is 12.0 Å². The Morgan fingerprint density at radius 3 is 2.40 bits per heavy atom. The fourth-order valence-electron chi connectivity index (χ4n) is 3.21. The van der Waals surface area contributed by atoms with Gasteiger partial charge in [-0.2, -0.15) is 0 Å². The summed E-state index contributed by atoms with van der Waals surface area (Å²) in [6.45, 7) is 8.14. The van der Waals surface area contributed by atoms with Gasteiger partial charge in [-0.1, -0.05) is 26.0 Å². The zero-order valence-corrected chi connectivity index (χ0v) is 17.0. The third-order valence-corrected chi connectivity index (χ3v) is 5.33. The van der Waals surface area contributed by atoms with Crippen LogP contribution in [0.15, 0.2) is 24.3 Å². The number of amides is 1. The minimum Gasteiger partial charge on any atom is -0.497 e. The number of rotatable bonds is 7. The zero-order chi connectivity index (χ0) is 17.6. The van der Waals surface area contributed by atoms with Crippen molar-refractivity contribution < 1.29 is 9.53 Å². The number of halogens is 2. The molecule has 1 aliphatic heterocycles. The van der Waals surface area contributed by atoms with Gasteiger partial charge in [0.1, 0.15) is 5.75 Å². The summed E-state index contributed by atoms with van der Waals surface area (Å²) in [6, 6.07) is 8.35. The highest BCUT2D eigenvalue weighted by Crippen LogP contribution is 2.28. The molecule has 25 heavy (non-hydrogen) atoms. The van der Waals surface area contributed by atoms with Crippen LogP contribution in [0.25, 0.3) is 0 Å². The van der Waals surface area contributed by atoms with Crippen molar-refractivity contribution >= 4 is 29.4 Å². The molecule has 0 aromatic heterocycles. The van der Waals surface area contributed by atoms with E-state index in [9.17, 15) is 4.79 Å². The Hall–Kier alpha value is -0.970. The lowest BCUT2D eigenvalue weighted by Gasteiger charge is -2.31. The largest absolute Gasteiger partial charge is 0.497 e. The van der Waals surface area contributed by atoms with Gasteiger partial charge in [-0.05, 0) is 73.0 Å². The predicted molar refractivity (Wildman–Crippen MR) is 106 cm³/mol. The third-order valence-electron chi connectivity index (χ3n) is 5.09. The molecule has 1 N–H and O–H groups in total. The predicted octanol–water partition coefficient (Wildman–Crippen LogP) is 4.45. The second-order valence-electron chi connectivity index (χ2n) is 7.25. The standard InChI is InChI=1S/C19H29ClN2O2.ClH/c1-19(2,16-4-6-17(24-3)7-5-16)10-11-21-14-15-8-12-22(13-9-15)18(20)23;/h4-7,15,21H,8-14H2,1-3H3;1H. The number of piperidine rings is 1. The van der Waals surface area contributed by atoms with Gasteiger partial charge in [0.2, 0.25) is 0 Å². The molecule has 0 aliphatic carbocycles. The summed E-state index contributed by atoms with van der Waals surface area (Å²) < 4.78 is 5.22. The first kappa shape index (κ1) is 22.1. The van der Waals surface area contributed by atoms with Crippen LogP contribution in [-0.4, -0.2) is 43.6 Å². The van der Waals surface area contributed by atoms with Gasteiger partial charge in [-0.15, -0.1) is 12.4 Å². The first-order valence-corrected chi connectivity index (χ1v) is 9.10. The minimum atomic E-state index is -0.317. The average molecular weight is 389 g/mol. The number of benzene rings is 1. The molecule has 0 atom stereocenters. The van der Waals surface area contributed by atoms with Crippen LogP contribution in [0.2, 0.25) is 0 Å². The van der Waals surface area contributed by atoms with Gasteiger partial charge < -0.3 is 15.0 Å². The van der Waals surface area contributed by atoms with Gasteiger partial charge in [0.15, 0.2) is 0 Å². The van der Waals surface area contributed by atoms with Crippen molar-refractivity contribution in [3.63, 3.8) is 0 Å². The van der Waals surface area contributed by atoms with E-state index < -0.39 is 0 Å². The summed E-state index contributed by atoms with van der Waals surface area (Å²) in [7, 11) is 1.69. The van der Waals surface area contributed by atoms with Gasteiger partial charge in [-0.25, -0.2) is 0 Å². The van der Waals surface area contributed by atoms with Crippen LogP contribution in [0, 0.1) is 5.92 Å². The fraction of sp³-hybridized carbons (Fsp3) is 0.632. The summed E-state index contributed by atoms with van der Waals surface area (Å²) in [5, 5.41) is 3.27. The van der Waals surface area contributed by atoms with Gasteiger partial charge >= 0.3 is 5.37 Å². The summed E-state index contributed by atoms with van der Waals surface area (Å²) in [4.78, 5) is 12.8. The quantitative estimate of drug-likeness (QED) is 0.426. The molecule has 1 amide bonds. The van der Waals surface area contributed by atoms with E-state index in [2.05, 4.69) is 31.3 Å². The summed E-state index contributed by atoms with van der Waals surface area (Å²) in [5.74, 6) is 1.54. The highest BCUT2D eigenvalue weighted by molar-refractivity contribution is 6.62. The molecular weight excluding hydrogens is 359 g/mol. The molecule has 0 unspecified atom stereocenters. The summed E-state index contributed by atoms with van der Waals surface area (Å²) in [6.07, 6.45) is 3.15. The highest BCUT2D eigenvalue weighted by atomic mass is 35.5. The van der Waals surface area contributed by atoms with Crippen molar-refractivity contribution in [1.82, 2.24) is 10.2 Å². The molecule has 1 aromatic carbocycles. The van der Waals surface area contributed by atoms with Gasteiger partial charge in [0.05, 0.1) is 7.11 Å². The summed E-state index contributed by atoms with van der Waals surface area (Å²) >= 11 is 5.52. The molecule has 1 aliphatic rings.